The minimum absolute atomic E-state index is 0.220. The molecule has 0 aliphatic heterocycles. The molecular weight excluding hydrogens is 174 g/mol. The van der Waals surface area contributed by atoms with Crippen LogP contribution in [0.15, 0.2) is 0 Å². The molecule has 0 aromatic heterocycles. The van der Waals surface area contributed by atoms with Gasteiger partial charge in [0.1, 0.15) is 0 Å². The summed E-state index contributed by atoms with van der Waals surface area (Å²) in [6, 6.07) is 0. The van der Waals surface area contributed by atoms with Crippen molar-refractivity contribution in [3.05, 3.63) is 0 Å². The Morgan fingerprint density at radius 2 is 2.08 bits per heavy atom. The van der Waals surface area contributed by atoms with E-state index in [0.717, 1.165) is 12.8 Å². The Bertz CT molecular complexity index is 181. The van der Waals surface area contributed by atoms with E-state index in [4.69, 9.17) is 10.2 Å². The van der Waals surface area contributed by atoms with Crippen LogP contribution in [0.5, 0.6) is 0 Å². The van der Waals surface area contributed by atoms with Crippen molar-refractivity contribution in [3.63, 3.8) is 0 Å². The molecule has 3 N–H and O–H groups in total. The van der Waals surface area contributed by atoms with Crippen LogP contribution in [0.1, 0.15) is 26.2 Å². The molecule has 13 heavy (non-hydrogen) atoms. The third-order valence-electron chi connectivity index (χ3n) is 1.54. The number of carboxylic acids is 1. The van der Waals surface area contributed by atoms with Crippen LogP contribution in [-0.4, -0.2) is 34.7 Å². The van der Waals surface area contributed by atoms with Gasteiger partial charge in [0.2, 0.25) is 5.91 Å². The lowest BCUT2D eigenvalue weighted by atomic mass is 10.2. The third kappa shape index (κ3) is 6.10. The quantitative estimate of drug-likeness (QED) is 0.537. The number of aliphatic hydroxyl groups excluding tert-OH is 1. The minimum atomic E-state index is -1.51. The zero-order valence-corrected chi connectivity index (χ0v) is 7.62. The summed E-state index contributed by atoms with van der Waals surface area (Å²) in [4.78, 5) is 21.0. The molecule has 76 valence electrons. The second-order valence-electron chi connectivity index (χ2n) is 2.76. The molecule has 0 rings (SSSR count). The molecule has 1 amide bonds. The van der Waals surface area contributed by atoms with Crippen LogP contribution in [0.2, 0.25) is 0 Å². The van der Waals surface area contributed by atoms with Crippen LogP contribution in [0.3, 0.4) is 0 Å². The summed E-state index contributed by atoms with van der Waals surface area (Å²) in [7, 11) is 0. The molecule has 0 aromatic carbocycles. The van der Waals surface area contributed by atoms with Crippen molar-refractivity contribution >= 4 is 11.9 Å². The van der Waals surface area contributed by atoms with Gasteiger partial charge in [-0.05, 0) is 6.42 Å². The first-order valence-corrected chi connectivity index (χ1v) is 4.25. The Morgan fingerprint density at radius 1 is 1.46 bits per heavy atom. The van der Waals surface area contributed by atoms with Gasteiger partial charge in [0, 0.05) is 6.42 Å². The Balaban J connectivity index is 3.52. The molecule has 0 fully saturated rings. The number of unbranched alkanes of at least 4 members (excludes halogenated alkanes) is 1. The summed E-state index contributed by atoms with van der Waals surface area (Å²) < 4.78 is 0. The van der Waals surface area contributed by atoms with E-state index in [1.807, 2.05) is 6.92 Å². The van der Waals surface area contributed by atoms with Crippen molar-refractivity contribution in [2.75, 3.05) is 6.54 Å². The highest BCUT2D eigenvalue weighted by Crippen LogP contribution is 1.93. The minimum Gasteiger partial charge on any atom is -0.479 e. The normalized spacial score (nSPS) is 12.2. The van der Waals surface area contributed by atoms with E-state index >= 15 is 0 Å². The molecule has 0 spiro atoms. The second kappa shape index (κ2) is 6.42. The maximum atomic E-state index is 10.9. The molecule has 0 bridgehead atoms. The van der Waals surface area contributed by atoms with Gasteiger partial charge in [-0.1, -0.05) is 13.3 Å². The molecule has 0 heterocycles. The Hall–Kier alpha value is -1.10. The Kier molecular flexibility index (Phi) is 5.88. The second-order valence-corrected chi connectivity index (χ2v) is 2.76. The van der Waals surface area contributed by atoms with Gasteiger partial charge in [0.15, 0.2) is 6.10 Å². The molecule has 0 unspecified atom stereocenters. The molecular formula is C8H15NO4. The zero-order chi connectivity index (χ0) is 10.3. The van der Waals surface area contributed by atoms with Crippen LogP contribution in [0, 0.1) is 0 Å². The molecule has 0 aliphatic rings. The maximum absolute atomic E-state index is 10.9. The van der Waals surface area contributed by atoms with Gasteiger partial charge >= 0.3 is 5.97 Å². The number of aliphatic carboxylic acids is 1. The molecule has 0 radical (unpaired) electrons. The maximum Gasteiger partial charge on any atom is 0.334 e. The highest BCUT2D eigenvalue weighted by molar-refractivity contribution is 5.77. The van der Waals surface area contributed by atoms with Crippen molar-refractivity contribution in [1.82, 2.24) is 5.32 Å². The van der Waals surface area contributed by atoms with E-state index in [-0.39, 0.29) is 12.5 Å². The number of carbonyl (C=O) groups is 2. The van der Waals surface area contributed by atoms with E-state index in [0.29, 0.717) is 6.42 Å². The van der Waals surface area contributed by atoms with Crippen molar-refractivity contribution in [2.45, 2.75) is 32.3 Å². The predicted octanol–water partition coefficient (Wildman–Crippen LogP) is -0.262. The molecule has 1 atom stereocenters. The first-order valence-electron chi connectivity index (χ1n) is 4.25. The van der Waals surface area contributed by atoms with E-state index < -0.39 is 12.1 Å². The highest BCUT2D eigenvalue weighted by Gasteiger charge is 2.13. The van der Waals surface area contributed by atoms with Gasteiger partial charge in [-0.2, -0.15) is 0 Å². The number of carbonyl (C=O) groups excluding carboxylic acids is 1. The standard InChI is InChI=1S/C8H15NO4/c1-2-3-4-7(11)9-5-6(10)8(12)13/h6,10H,2-5H2,1H3,(H,9,11)(H,12,13)/t6-/m0/s1. The monoisotopic (exact) mass is 189 g/mol. The summed E-state index contributed by atoms with van der Waals surface area (Å²) in [6.45, 7) is 1.73. The number of carboxylic acid groups (broad SMARTS) is 1. The third-order valence-corrected chi connectivity index (χ3v) is 1.54. The van der Waals surface area contributed by atoms with Gasteiger partial charge < -0.3 is 15.5 Å². The number of aliphatic hydroxyl groups is 1. The smallest absolute Gasteiger partial charge is 0.334 e. The molecule has 5 nitrogen and oxygen atoms in total. The molecule has 5 heteroatoms. The number of rotatable bonds is 6. The summed E-state index contributed by atoms with van der Waals surface area (Å²) in [5.41, 5.74) is 0. The zero-order valence-electron chi connectivity index (χ0n) is 7.62. The molecule has 0 aromatic rings. The number of amides is 1. The Labute approximate surface area is 76.8 Å². The first kappa shape index (κ1) is 11.9. The summed E-state index contributed by atoms with van der Waals surface area (Å²) in [6.07, 6.45) is 0.554. The lowest BCUT2D eigenvalue weighted by molar-refractivity contribution is -0.146. The van der Waals surface area contributed by atoms with Gasteiger partial charge in [-0.3, -0.25) is 4.79 Å². The van der Waals surface area contributed by atoms with Gasteiger partial charge in [-0.25, -0.2) is 4.79 Å². The topological polar surface area (TPSA) is 86.6 Å². The number of hydrogen-bond acceptors (Lipinski definition) is 3. The van der Waals surface area contributed by atoms with E-state index in [9.17, 15) is 9.59 Å². The molecule has 0 saturated carbocycles. The van der Waals surface area contributed by atoms with Crippen LogP contribution < -0.4 is 5.32 Å². The molecule has 0 saturated heterocycles. The van der Waals surface area contributed by atoms with E-state index in [1.165, 1.54) is 0 Å². The largest absolute Gasteiger partial charge is 0.479 e. The summed E-state index contributed by atoms with van der Waals surface area (Å²) in [5.74, 6) is -1.54. The van der Waals surface area contributed by atoms with Crippen molar-refractivity contribution in [3.8, 4) is 0 Å². The fourth-order valence-electron chi connectivity index (χ4n) is 0.724. The average molecular weight is 189 g/mol. The van der Waals surface area contributed by atoms with E-state index in [1.54, 1.807) is 0 Å². The van der Waals surface area contributed by atoms with E-state index in [2.05, 4.69) is 5.32 Å². The number of hydrogen-bond donors (Lipinski definition) is 3. The van der Waals surface area contributed by atoms with Crippen LogP contribution in [0.4, 0.5) is 0 Å². The van der Waals surface area contributed by atoms with Gasteiger partial charge in [-0.15, -0.1) is 0 Å². The van der Waals surface area contributed by atoms with Crippen molar-refractivity contribution < 1.29 is 19.8 Å². The van der Waals surface area contributed by atoms with Crippen LogP contribution in [-0.2, 0) is 9.59 Å². The van der Waals surface area contributed by atoms with Crippen LogP contribution in [0.25, 0.3) is 0 Å². The average Bonchev–Trinajstić information content (AvgIpc) is 2.10. The summed E-state index contributed by atoms with van der Waals surface area (Å²) >= 11 is 0. The fourth-order valence-corrected chi connectivity index (χ4v) is 0.724. The Morgan fingerprint density at radius 3 is 2.54 bits per heavy atom. The molecule has 0 aliphatic carbocycles. The number of nitrogens with one attached hydrogen (secondary N) is 1. The van der Waals surface area contributed by atoms with Crippen molar-refractivity contribution in [2.24, 2.45) is 0 Å². The fraction of sp³-hybridized carbons (Fsp3) is 0.750. The van der Waals surface area contributed by atoms with Gasteiger partial charge in [0.25, 0.3) is 0 Å². The van der Waals surface area contributed by atoms with Gasteiger partial charge in [0.05, 0.1) is 6.54 Å². The summed E-state index contributed by atoms with van der Waals surface area (Å²) in [5, 5.41) is 19.4. The van der Waals surface area contributed by atoms with Crippen molar-refractivity contribution in [1.29, 1.82) is 0 Å². The lowest BCUT2D eigenvalue weighted by Crippen LogP contribution is -2.36. The van der Waals surface area contributed by atoms with Crippen LogP contribution >= 0.6 is 0 Å². The highest BCUT2D eigenvalue weighted by atomic mass is 16.4. The lowest BCUT2D eigenvalue weighted by Gasteiger charge is -2.06. The first-order chi connectivity index (χ1) is 6.07. The SMILES string of the molecule is CCCCC(=O)NC[C@H](O)C(=O)O. The predicted molar refractivity (Wildman–Crippen MR) is 46.2 cm³/mol.